The zero-order chi connectivity index (χ0) is 22.3. The van der Waals surface area contributed by atoms with Crippen LogP contribution >= 0.6 is 0 Å². The number of urea groups is 1. The topological polar surface area (TPSA) is 73.9 Å². The summed E-state index contributed by atoms with van der Waals surface area (Å²) in [5, 5.41) is 5.71. The number of anilines is 3. The van der Waals surface area contributed by atoms with Crippen molar-refractivity contribution < 1.29 is 14.3 Å². The monoisotopic (exact) mass is 436 g/mol. The number of benzene rings is 2. The highest BCUT2D eigenvalue weighted by atomic mass is 16.5. The molecule has 7 heteroatoms. The molecular formula is C25H32N4O3. The molecule has 2 aliphatic rings. The Labute approximate surface area is 189 Å². The Morgan fingerprint density at radius 1 is 0.844 bits per heavy atom. The zero-order valence-electron chi connectivity index (χ0n) is 18.7. The fraction of sp³-hybridized carbons (Fsp3) is 0.440. The molecule has 2 heterocycles. The SMILES string of the molecule is CCOc1ccc(NC(=O)Nc2ccc(N3CCCC3)c(C(=O)N3CCCCC3)c2)cc1. The molecule has 3 amide bonds. The Hall–Kier alpha value is -3.22. The summed E-state index contributed by atoms with van der Waals surface area (Å²) in [7, 11) is 0. The molecule has 2 N–H and O–H groups in total. The van der Waals surface area contributed by atoms with Crippen LogP contribution in [0, 0.1) is 0 Å². The fourth-order valence-corrected chi connectivity index (χ4v) is 4.38. The summed E-state index contributed by atoms with van der Waals surface area (Å²) in [6.07, 6.45) is 5.56. The van der Waals surface area contributed by atoms with Crippen LogP contribution in [-0.4, -0.2) is 49.6 Å². The maximum Gasteiger partial charge on any atom is 0.323 e. The molecular weight excluding hydrogens is 404 g/mol. The lowest BCUT2D eigenvalue weighted by atomic mass is 10.1. The number of carbonyl (C=O) groups excluding carboxylic acids is 2. The van der Waals surface area contributed by atoms with Gasteiger partial charge in [-0.2, -0.15) is 0 Å². The van der Waals surface area contributed by atoms with Crippen LogP contribution in [0.15, 0.2) is 42.5 Å². The van der Waals surface area contributed by atoms with E-state index in [-0.39, 0.29) is 11.9 Å². The minimum absolute atomic E-state index is 0.0576. The molecule has 0 spiro atoms. The number of nitrogens with one attached hydrogen (secondary N) is 2. The van der Waals surface area contributed by atoms with E-state index in [2.05, 4.69) is 15.5 Å². The molecule has 2 saturated heterocycles. The minimum atomic E-state index is -0.348. The van der Waals surface area contributed by atoms with Gasteiger partial charge in [-0.25, -0.2) is 4.79 Å². The highest BCUT2D eigenvalue weighted by Gasteiger charge is 2.25. The van der Waals surface area contributed by atoms with Crippen LogP contribution in [0.4, 0.5) is 21.9 Å². The van der Waals surface area contributed by atoms with Gasteiger partial charge in [0.05, 0.1) is 12.2 Å². The van der Waals surface area contributed by atoms with Crippen molar-refractivity contribution in [3.8, 4) is 5.75 Å². The second-order valence-electron chi connectivity index (χ2n) is 8.32. The molecule has 2 aromatic rings. The number of hydrogen-bond donors (Lipinski definition) is 2. The summed E-state index contributed by atoms with van der Waals surface area (Å²) in [6, 6.07) is 12.5. The van der Waals surface area contributed by atoms with Gasteiger partial charge in [0.25, 0.3) is 5.91 Å². The summed E-state index contributed by atoms with van der Waals surface area (Å²) in [5.41, 5.74) is 2.92. The summed E-state index contributed by atoms with van der Waals surface area (Å²) < 4.78 is 5.43. The molecule has 4 rings (SSSR count). The van der Waals surface area contributed by atoms with E-state index in [1.807, 2.05) is 42.2 Å². The first-order valence-electron chi connectivity index (χ1n) is 11.6. The lowest BCUT2D eigenvalue weighted by molar-refractivity contribution is 0.0725. The molecule has 0 unspecified atom stereocenters. The van der Waals surface area contributed by atoms with E-state index in [0.29, 0.717) is 23.5 Å². The number of piperidine rings is 1. The van der Waals surface area contributed by atoms with Crippen molar-refractivity contribution in [2.75, 3.05) is 48.3 Å². The normalized spacial score (nSPS) is 16.0. The molecule has 0 atom stereocenters. The van der Waals surface area contributed by atoms with Crippen molar-refractivity contribution in [1.29, 1.82) is 0 Å². The van der Waals surface area contributed by atoms with Crippen LogP contribution in [-0.2, 0) is 0 Å². The van der Waals surface area contributed by atoms with Gasteiger partial charge >= 0.3 is 6.03 Å². The van der Waals surface area contributed by atoms with E-state index in [1.165, 1.54) is 6.42 Å². The van der Waals surface area contributed by atoms with Crippen LogP contribution in [0.25, 0.3) is 0 Å². The second-order valence-corrected chi connectivity index (χ2v) is 8.32. The van der Waals surface area contributed by atoms with Crippen molar-refractivity contribution in [2.45, 2.75) is 39.0 Å². The number of carbonyl (C=O) groups is 2. The van der Waals surface area contributed by atoms with Crippen molar-refractivity contribution >= 4 is 29.0 Å². The van der Waals surface area contributed by atoms with E-state index in [4.69, 9.17) is 4.74 Å². The van der Waals surface area contributed by atoms with Crippen molar-refractivity contribution in [1.82, 2.24) is 4.90 Å². The van der Waals surface area contributed by atoms with Crippen molar-refractivity contribution in [3.05, 3.63) is 48.0 Å². The van der Waals surface area contributed by atoms with E-state index in [9.17, 15) is 9.59 Å². The molecule has 2 fully saturated rings. The van der Waals surface area contributed by atoms with Crippen LogP contribution in [0.2, 0.25) is 0 Å². The van der Waals surface area contributed by atoms with Gasteiger partial charge in [0.15, 0.2) is 0 Å². The molecule has 0 aromatic heterocycles. The lowest BCUT2D eigenvalue weighted by Gasteiger charge is -2.29. The Morgan fingerprint density at radius 2 is 1.47 bits per heavy atom. The van der Waals surface area contributed by atoms with E-state index >= 15 is 0 Å². The standard InChI is InChI=1S/C25H32N4O3/c1-2-32-21-11-8-19(9-12-21)26-25(31)27-20-10-13-23(28-14-6-7-15-28)22(18-20)24(30)29-16-4-3-5-17-29/h8-13,18H,2-7,14-17H2,1H3,(H2,26,27,31). The van der Waals surface area contributed by atoms with Gasteiger partial charge in [-0.05, 0) is 81.5 Å². The van der Waals surface area contributed by atoms with E-state index < -0.39 is 0 Å². The second kappa shape index (κ2) is 10.4. The summed E-state index contributed by atoms with van der Waals surface area (Å²) in [6.45, 7) is 6.05. The lowest BCUT2D eigenvalue weighted by Crippen LogP contribution is -2.36. The molecule has 0 radical (unpaired) electrons. The Bertz CT molecular complexity index is 933. The van der Waals surface area contributed by atoms with E-state index in [1.54, 1.807) is 12.1 Å². The molecule has 0 saturated carbocycles. The first-order valence-corrected chi connectivity index (χ1v) is 11.6. The number of hydrogen-bond acceptors (Lipinski definition) is 4. The highest BCUT2D eigenvalue weighted by Crippen LogP contribution is 2.29. The first-order chi connectivity index (χ1) is 15.6. The summed E-state index contributed by atoms with van der Waals surface area (Å²) in [4.78, 5) is 30.1. The zero-order valence-corrected chi connectivity index (χ0v) is 18.7. The molecule has 2 aliphatic heterocycles. The third-order valence-corrected chi connectivity index (χ3v) is 6.00. The van der Waals surface area contributed by atoms with Gasteiger partial charge in [-0.3, -0.25) is 4.79 Å². The van der Waals surface area contributed by atoms with Gasteiger partial charge in [0, 0.05) is 43.2 Å². The number of amides is 3. The Balaban J connectivity index is 1.49. The van der Waals surface area contributed by atoms with Crippen molar-refractivity contribution in [3.63, 3.8) is 0 Å². The van der Waals surface area contributed by atoms with Gasteiger partial charge in [0.1, 0.15) is 5.75 Å². The van der Waals surface area contributed by atoms with Crippen LogP contribution < -0.4 is 20.3 Å². The number of likely N-dealkylation sites (tertiary alicyclic amines) is 1. The fourth-order valence-electron chi connectivity index (χ4n) is 4.38. The van der Waals surface area contributed by atoms with Gasteiger partial charge in [0.2, 0.25) is 0 Å². The summed E-state index contributed by atoms with van der Waals surface area (Å²) in [5.74, 6) is 0.819. The molecule has 170 valence electrons. The maximum absolute atomic E-state index is 13.4. The minimum Gasteiger partial charge on any atom is -0.494 e. The van der Waals surface area contributed by atoms with E-state index in [0.717, 1.165) is 63.3 Å². The van der Waals surface area contributed by atoms with Gasteiger partial charge < -0.3 is 25.2 Å². The third-order valence-electron chi connectivity index (χ3n) is 6.00. The maximum atomic E-state index is 13.4. The van der Waals surface area contributed by atoms with Gasteiger partial charge in [-0.15, -0.1) is 0 Å². The Morgan fingerprint density at radius 3 is 2.16 bits per heavy atom. The first kappa shape index (κ1) is 22.0. The third kappa shape index (κ3) is 5.33. The van der Waals surface area contributed by atoms with Crippen LogP contribution in [0.3, 0.4) is 0 Å². The largest absolute Gasteiger partial charge is 0.494 e. The van der Waals surface area contributed by atoms with Crippen LogP contribution in [0.5, 0.6) is 5.75 Å². The molecule has 7 nitrogen and oxygen atoms in total. The molecule has 0 bridgehead atoms. The average molecular weight is 437 g/mol. The van der Waals surface area contributed by atoms with Crippen LogP contribution in [0.1, 0.15) is 49.4 Å². The van der Waals surface area contributed by atoms with Gasteiger partial charge in [-0.1, -0.05) is 0 Å². The molecule has 0 aliphatic carbocycles. The summed E-state index contributed by atoms with van der Waals surface area (Å²) >= 11 is 0. The Kier molecular flexibility index (Phi) is 7.14. The quantitative estimate of drug-likeness (QED) is 0.672. The highest BCUT2D eigenvalue weighted by molar-refractivity contribution is 6.04. The predicted octanol–water partition coefficient (Wildman–Crippen LogP) is 4.96. The number of nitrogens with zero attached hydrogens (tertiary/aromatic N) is 2. The smallest absolute Gasteiger partial charge is 0.323 e. The van der Waals surface area contributed by atoms with Crippen molar-refractivity contribution in [2.24, 2.45) is 0 Å². The average Bonchev–Trinajstić information content (AvgIpc) is 3.35. The number of ether oxygens (including phenoxy) is 1. The molecule has 2 aromatic carbocycles. The predicted molar refractivity (Wildman–Crippen MR) is 128 cm³/mol. The molecule has 32 heavy (non-hydrogen) atoms. The number of rotatable bonds is 6.